The van der Waals surface area contributed by atoms with Crippen molar-refractivity contribution < 1.29 is 4.79 Å². The number of rotatable bonds is 5. The second-order valence-electron chi connectivity index (χ2n) is 8.94. The maximum absolute atomic E-state index is 12.6. The molecule has 164 valence electrons. The van der Waals surface area contributed by atoms with Crippen LogP contribution in [0, 0.1) is 25.2 Å². The Hall–Kier alpha value is -2.94. The van der Waals surface area contributed by atoms with Crippen molar-refractivity contribution in [1.82, 2.24) is 15.5 Å². The van der Waals surface area contributed by atoms with Gasteiger partial charge < -0.3 is 10.2 Å². The predicted octanol–water partition coefficient (Wildman–Crippen LogP) is 4.66. The molecule has 0 bridgehead atoms. The summed E-state index contributed by atoms with van der Waals surface area (Å²) in [5, 5.41) is 20.7. The average molecular weight is 420 g/mol. The van der Waals surface area contributed by atoms with Crippen molar-refractivity contribution in [2.75, 3.05) is 11.9 Å². The van der Waals surface area contributed by atoms with Gasteiger partial charge in [0, 0.05) is 24.8 Å². The minimum absolute atomic E-state index is 0.141. The van der Waals surface area contributed by atoms with Crippen molar-refractivity contribution in [3.05, 3.63) is 52.3 Å². The maximum Gasteiger partial charge on any atom is 0.272 e. The Kier molecular flexibility index (Phi) is 7.27. The Labute approximate surface area is 185 Å². The van der Waals surface area contributed by atoms with E-state index in [2.05, 4.69) is 60.4 Å². The monoisotopic (exact) mass is 419 g/mol. The molecule has 1 aliphatic carbocycles. The van der Waals surface area contributed by atoms with Crippen molar-refractivity contribution in [3.63, 3.8) is 0 Å². The lowest BCUT2D eigenvalue weighted by Crippen LogP contribution is -2.36. The summed E-state index contributed by atoms with van der Waals surface area (Å²) in [5.41, 5.74) is 5.41. The summed E-state index contributed by atoms with van der Waals surface area (Å²) in [5.74, 6) is 0.155. The van der Waals surface area contributed by atoms with Gasteiger partial charge in [0.15, 0.2) is 5.69 Å². The minimum atomic E-state index is -0.141. The van der Waals surface area contributed by atoms with E-state index in [1.807, 2.05) is 19.1 Å². The largest absolute Gasteiger partial charge is 0.371 e. The highest BCUT2D eigenvalue weighted by Gasteiger charge is 2.25. The van der Waals surface area contributed by atoms with Crippen LogP contribution in [0.2, 0.25) is 0 Å². The zero-order valence-corrected chi connectivity index (χ0v) is 19.3. The first-order valence-corrected chi connectivity index (χ1v) is 11.2. The third-order valence-electron chi connectivity index (χ3n) is 6.59. The van der Waals surface area contributed by atoms with Crippen LogP contribution in [0.15, 0.2) is 24.3 Å². The van der Waals surface area contributed by atoms with Crippen LogP contribution in [-0.2, 0) is 0 Å². The third-order valence-corrected chi connectivity index (χ3v) is 6.59. The Morgan fingerprint density at radius 2 is 1.87 bits per heavy atom. The first-order chi connectivity index (χ1) is 14.8. The van der Waals surface area contributed by atoms with Crippen molar-refractivity contribution in [2.45, 2.75) is 77.8 Å². The van der Waals surface area contributed by atoms with Gasteiger partial charge in [-0.25, -0.2) is 0 Å². The van der Waals surface area contributed by atoms with Gasteiger partial charge in [0.1, 0.15) is 0 Å². The van der Waals surface area contributed by atoms with E-state index in [1.54, 1.807) is 6.07 Å². The summed E-state index contributed by atoms with van der Waals surface area (Å²) in [4.78, 5) is 15.0. The van der Waals surface area contributed by atoms with Crippen molar-refractivity contribution in [1.29, 1.82) is 5.26 Å². The fraction of sp³-hybridized carbons (Fsp3) is 0.520. The molecule has 31 heavy (non-hydrogen) atoms. The molecule has 0 aliphatic heterocycles. The number of aromatic nitrogens is 2. The highest BCUT2D eigenvalue weighted by atomic mass is 16.2. The molecule has 1 amide bonds. The van der Waals surface area contributed by atoms with Gasteiger partial charge in [-0.15, -0.1) is 5.10 Å². The van der Waals surface area contributed by atoms with Crippen molar-refractivity contribution >= 4 is 11.6 Å². The van der Waals surface area contributed by atoms with E-state index >= 15 is 0 Å². The molecular weight excluding hydrogens is 386 g/mol. The number of carbonyl (C=O) groups is 1. The van der Waals surface area contributed by atoms with E-state index in [4.69, 9.17) is 0 Å². The van der Waals surface area contributed by atoms with Crippen LogP contribution in [0.3, 0.4) is 0 Å². The Morgan fingerprint density at radius 1 is 1.10 bits per heavy atom. The predicted molar refractivity (Wildman–Crippen MR) is 123 cm³/mol. The van der Waals surface area contributed by atoms with E-state index in [0.717, 1.165) is 48.9 Å². The number of nitrogens with one attached hydrogen (secondary N) is 1. The first kappa shape index (κ1) is 22.7. The van der Waals surface area contributed by atoms with Gasteiger partial charge in [-0.3, -0.25) is 4.79 Å². The van der Waals surface area contributed by atoms with Crippen LogP contribution in [0.5, 0.6) is 0 Å². The van der Waals surface area contributed by atoms with E-state index in [1.165, 1.54) is 11.3 Å². The molecule has 1 aromatic carbocycles. The summed E-state index contributed by atoms with van der Waals surface area (Å²) in [6.45, 7) is 8.22. The lowest BCUT2D eigenvalue weighted by Gasteiger charge is -2.31. The fourth-order valence-corrected chi connectivity index (χ4v) is 4.35. The molecule has 0 spiro atoms. The van der Waals surface area contributed by atoms with Gasteiger partial charge in [0.05, 0.1) is 17.3 Å². The number of nitriles is 1. The molecule has 6 heteroatoms. The number of nitrogens with zero attached hydrogens (tertiary/aromatic N) is 4. The normalized spacial score (nSPS) is 18.9. The summed E-state index contributed by atoms with van der Waals surface area (Å²) in [7, 11) is 2.14. The number of anilines is 1. The van der Waals surface area contributed by atoms with E-state index in [-0.39, 0.29) is 11.9 Å². The van der Waals surface area contributed by atoms with Gasteiger partial charge in [-0.1, -0.05) is 13.8 Å². The minimum Gasteiger partial charge on any atom is -0.371 e. The number of hydrogen-bond acceptors (Lipinski definition) is 5. The number of benzene rings is 1. The second kappa shape index (κ2) is 9.91. The molecule has 1 fully saturated rings. The molecule has 1 aliphatic rings. The molecule has 2 atom stereocenters. The van der Waals surface area contributed by atoms with Crippen molar-refractivity contribution in [3.8, 4) is 6.07 Å². The van der Waals surface area contributed by atoms with Gasteiger partial charge >= 0.3 is 0 Å². The van der Waals surface area contributed by atoms with Gasteiger partial charge in [0.2, 0.25) is 0 Å². The molecule has 1 heterocycles. The molecule has 1 N–H and O–H groups in total. The SMILES string of the molecule is Cc1c(C#N)ccc(N(C)[C@@H]2CCC[C@@H](NC(=O)c3ccc(C(C)C)nn3)CC2)c1C. The van der Waals surface area contributed by atoms with Crippen LogP contribution in [0.25, 0.3) is 0 Å². The second-order valence-corrected chi connectivity index (χ2v) is 8.94. The fourth-order valence-electron chi connectivity index (χ4n) is 4.35. The van der Waals surface area contributed by atoms with E-state index < -0.39 is 0 Å². The van der Waals surface area contributed by atoms with Crippen LogP contribution in [-0.4, -0.2) is 35.2 Å². The number of carbonyl (C=O) groups excluding carboxylic acids is 1. The quantitative estimate of drug-likeness (QED) is 0.713. The lowest BCUT2D eigenvalue weighted by atomic mass is 9.99. The highest BCUT2D eigenvalue weighted by Crippen LogP contribution is 2.30. The van der Waals surface area contributed by atoms with E-state index in [9.17, 15) is 10.1 Å². The van der Waals surface area contributed by atoms with Crippen LogP contribution >= 0.6 is 0 Å². The zero-order valence-electron chi connectivity index (χ0n) is 19.3. The van der Waals surface area contributed by atoms with Crippen LogP contribution in [0.1, 0.15) is 84.7 Å². The summed E-state index contributed by atoms with van der Waals surface area (Å²) < 4.78 is 0. The third kappa shape index (κ3) is 5.22. The van der Waals surface area contributed by atoms with Crippen LogP contribution < -0.4 is 10.2 Å². The van der Waals surface area contributed by atoms with Gasteiger partial charge in [0.25, 0.3) is 5.91 Å². The molecule has 0 unspecified atom stereocenters. The smallest absolute Gasteiger partial charge is 0.272 e. The maximum atomic E-state index is 12.6. The molecule has 0 saturated heterocycles. The highest BCUT2D eigenvalue weighted by molar-refractivity contribution is 5.92. The molecule has 1 aromatic heterocycles. The van der Waals surface area contributed by atoms with Gasteiger partial charge in [-0.05, 0) is 87.3 Å². The van der Waals surface area contributed by atoms with Gasteiger partial charge in [-0.2, -0.15) is 10.4 Å². The topological polar surface area (TPSA) is 81.9 Å². The Bertz CT molecular complexity index is 961. The number of amides is 1. The number of hydrogen-bond donors (Lipinski definition) is 1. The summed E-state index contributed by atoms with van der Waals surface area (Å²) >= 11 is 0. The molecule has 6 nitrogen and oxygen atoms in total. The Balaban J connectivity index is 1.62. The van der Waals surface area contributed by atoms with E-state index in [0.29, 0.717) is 17.7 Å². The molecular formula is C25H33N5O. The summed E-state index contributed by atoms with van der Waals surface area (Å²) in [6, 6.07) is 10.5. The average Bonchev–Trinajstić information content (AvgIpc) is 3.00. The van der Waals surface area contributed by atoms with Crippen LogP contribution in [0.4, 0.5) is 5.69 Å². The Morgan fingerprint density at radius 3 is 2.52 bits per heavy atom. The zero-order chi connectivity index (χ0) is 22.5. The standard InChI is InChI=1S/C25H33N5O/c1-16(2)22-12-13-23(29-28-22)25(31)27-20-7-6-8-21(11-10-20)30(5)24-14-9-19(15-26)17(3)18(24)4/h9,12-14,16,20-21H,6-8,10-11H2,1-5H3,(H,27,31)/t20-,21-/m1/s1. The molecule has 2 aromatic rings. The summed E-state index contributed by atoms with van der Waals surface area (Å²) in [6.07, 6.45) is 5.07. The molecule has 0 radical (unpaired) electrons. The first-order valence-electron chi connectivity index (χ1n) is 11.2. The lowest BCUT2D eigenvalue weighted by molar-refractivity contribution is 0.0927. The molecule has 1 saturated carbocycles. The molecule has 3 rings (SSSR count). The van der Waals surface area contributed by atoms with Crippen molar-refractivity contribution in [2.24, 2.45) is 0 Å².